The summed E-state index contributed by atoms with van der Waals surface area (Å²) in [6.07, 6.45) is 1.11. The largest absolute Gasteiger partial charge is 0.399 e. The van der Waals surface area contributed by atoms with Crippen LogP contribution in [0.5, 0.6) is 0 Å². The van der Waals surface area contributed by atoms with Crippen LogP contribution in [0.25, 0.3) is 0 Å². The number of nitrogens with zero attached hydrogens (tertiary/aromatic N) is 1. The Morgan fingerprint density at radius 3 is 2.67 bits per heavy atom. The molecule has 0 amide bonds. The number of hydrogen-bond donors (Lipinski definition) is 1. The predicted octanol–water partition coefficient (Wildman–Crippen LogP) is 2.85. The van der Waals surface area contributed by atoms with Crippen LogP contribution < -0.4 is 5.73 Å². The van der Waals surface area contributed by atoms with Gasteiger partial charge in [-0.05, 0) is 42.3 Å². The summed E-state index contributed by atoms with van der Waals surface area (Å²) in [7, 11) is 2.18. The molecule has 0 spiro atoms. The molecule has 0 bridgehead atoms. The van der Waals surface area contributed by atoms with Gasteiger partial charge < -0.3 is 5.73 Å². The Morgan fingerprint density at radius 2 is 1.89 bits per heavy atom. The molecule has 1 aliphatic heterocycles. The second-order valence-corrected chi connectivity index (χ2v) is 5.00. The van der Waals surface area contributed by atoms with E-state index in [0.717, 1.165) is 18.7 Å². The maximum atomic E-state index is 5.95. The van der Waals surface area contributed by atoms with E-state index >= 15 is 0 Å². The van der Waals surface area contributed by atoms with Crippen LogP contribution in [0, 0.1) is 0 Å². The van der Waals surface area contributed by atoms with E-state index in [1.807, 2.05) is 6.07 Å². The average Bonchev–Trinajstić information content (AvgIpc) is 2.39. The highest BCUT2D eigenvalue weighted by molar-refractivity contribution is 5.49. The van der Waals surface area contributed by atoms with Crippen molar-refractivity contribution in [1.29, 1.82) is 0 Å². The summed E-state index contributed by atoms with van der Waals surface area (Å²) in [6, 6.07) is 17.3. The van der Waals surface area contributed by atoms with Gasteiger partial charge in [0.25, 0.3) is 0 Å². The van der Waals surface area contributed by atoms with Crippen molar-refractivity contribution in [1.82, 2.24) is 4.90 Å². The number of fused-ring (bicyclic) bond motifs is 1. The summed E-state index contributed by atoms with van der Waals surface area (Å²) in [5, 5.41) is 0. The van der Waals surface area contributed by atoms with Crippen LogP contribution in [-0.4, -0.2) is 18.5 Å². The molecule has 1 aliphatic rings. The highest BCUT2D eigenvalue weighted by Crippen LogP contribution is 2.34. The van der Waals surface area contributed by atoms with Crippen LogP contribution in [0.4, 0.5) is 5.69 Å². The van der Waals surface area contributed by atoms with E-state index in [1.54, 1.807) is 0 Å². The van der Waals surface area contributed by atoms with Crippen molar-refractivity contribution in [3.8, 4) is 0 Å². The Hall–Kier alpha value is -1.80. The lowest BCUT2D eigenvalue weighted by Crippen LogP contribution is -2.32. The molecule has 0 fully saturated rings. The summed E-state index contributed by atoms with van der Waals surface area (Å²) in [4.78, 5) is 2.40. The fraction of sp³-hybridized carbons (Fsp3) is 0.250. The number of nitrogens with two attached hydrogens (primary N) is 1. The standard InChI is InChI=1S/C16H18N2/c1-18-10-9-12-7-8-14(17)11-15(12)16(18)13-5-3-2-4-6-13/h2-8,11,16H,9-10,17H2,1H3. The molecule has 1 atom stereocenters. The SMILES string of the molecule is CN1CCc2ccc(N)cc2C1c1ccccc1. The first-order chi connectivity index (χ1) is 8.75. The number of hydrogen-bond acceptors (Lipinski definition) is 2. The maximum Gasteiger partial charge on any atom is 0.0602 e. The lowest BCUT2D eigenvalue weighted by molar-refractivity contribution is 0.265. The number of benzene rings is 2. The topological polar surface area (TPSA) is 29.3 Å². The monoisotopic (exact) mass is 238 g/mol. The number of anilines is 1. The molecule has 18 heavy (non-hydrogen) atoms. The molecule has 2 nitrogen and oxygen atoms in total. The van der Waals surface area contributed by atoms with Crippen molar-refractivity contribution in [3.05, 3.63) is 65.2 Å². The van der Waals surface area contributed by atoms with Gasteiger partial charge >= 0.3 is 0 Å². The molecule has 1 heterocycles. The molecule has 0 saturated carbocycles. The minimum Gasteiger partial charge on any atom is -0.399 e. The van der Waals surface area contributed by atoms with E-state index in [-0.39, 0.29) is 0 Å². The Bertz CT molecular complexity index is 548. The van der Waals surface area contributed by atoms with Crippen molar-refractivity contribution in [3.63, 3.8) is 0 Å². The van der Waals surface area contributed by atoms with Gasteiger partial charge in [-0.25, -0.2) is 0 Å². The lowest BCUT2D eigenvalue weighted by Gasteiger charge is -2.35. The highest BCUT2D eigenvalue weighted by atomic mass is 15.1. The molecule has 3 rings (SSSR count). The second kappa shape index (κ2) is 4.46. The van der Waals surface area contributed by atoms with E-state index in [0.29, 0.717) is 6.04 Å². The molecule has 2 heteroatoms. The fourth-order valence-electron chi connectivity index (χ4n) is 2.83. The molecule has 1 unspecified atom stereocenters. The van der Waals surface area contributed by atoms with Crippen molar-refractivity contribution < 1.29 is 0 Å². The molecule has 0 aromatic heterocycles. The van der Waals surface area contributed by atoms with Gasteiger partial charge in [-0.1, -0.05) is 36.4 Å². The van der Waals surface area contributed by atoms with Crippen LogP contribution in [0.1, 0.15) is 22.7 Å². The van der Waals surface area contributed by atoms with Gasteiger partial charge in [0, 0.05) is 12.2 Å². The van der Waals surface area contributed by atoms with Crippen LogP contribution in [0.15, 0.2) is 48.5 Å². The average molecular weight is 238 g/mol. The van der Waals surface area contributed by atoms with E-state index in [1.165, 1.54) is 16.7 Å². The smallest absolute Gasteiger partial charge is 0.0602 e. The summed E-state index contributed by atoms with van der Waals surface area (Å²) < 4.78 is 0. The van der Waals surface area contributed by atoms with Crippen LogP contribution in [0.2, 0.25) is 0 Å². The van der Waals surface area contributed by atoms with Crippen LogP contribution >= 0.6 is 0 Å². The third-order valence-electron chi connectivity index (χ3n) is 3.75. The van der Waals surface area contributed by atoms with Crippen molar-refractivity contribution in [2.24, 2.45) is 0 Å². The van der Waals surface area contributed by atoms with Crippen molar-refractivity contribution in [2.75, 3.05) is 19.3 Å². The van der Waals surface area contributed by atoms with Crippen molar-refractivity contribution in [2.45, 2.75) is 12.5 Å². The normalized spacial score (nSPS) is 19.5. The number of rotatable bonds is 1. The molecule has 92 valence electrons. The Morgan fingerprint density at radius 1 is 1.11 bits per heavy atom. The van der Waals surface area contributed by atoms with Gasteiger partial charge in [-0.15, -0.1) is 0 Å². The van der Waals surface area contributed by atoms with Gasteiger partial charge in [-0.3, -0.25) is 4.90 Å². The predicted molar refractivity (Wildman–Crippen MR) is 75.5 cm³/mol. The van der Waals surface area contributed by atoms with E-state index in [4.69, 9.17) is 5.73 Å². The zero-order valence-corrected chi connectivity index (χ0v) is 10.6. The van der Waals surface area contributed by atoms with E-state index in [9.17, 15) is 0 Å². The third-order valence-corrected chi connectivity index (χ3v) is 3.75. The molecule has 0 aliphatic carbocycles. The molecule has 2 aromatic carbocycles. The molecular formula is C16H18N2. The minimum atomic E-state index is 0.332. The lowest BCUT2D eigenvalue weighted by atomic mass is 9.88. The van der Waals surface area contributed by atoms with Gasteiger partial charge in [-0.2, -0.15) is 0 Å². The number of nitrogen functional groups attached to an aromatic ring is 1. The Kier molecular flexibility index (Phi) is 2.80. The first kappa shape index (κ1) is 11.3. The zero-order chi connectivity index (χ0) is 12.5. The van der Waals surface area contributed by atoms with Gasteiger partial charge in [0.1, 0.15) is 0 Å². The third kappa shape index (κ3) is 1.89. The first-order valence-electron chi connectivity index (χ1n) is 6.39. The van der Waals surface area contributed by atoms with Gasteiger partial charge in [0.2, 0.25) is 0 Å². The van der Waals surface area contributed by atoms with Crippen molar-refractivity contribution >= 4 is 5.69 Å². The quantitative estimate of drug-likeness (QED) is 0.774. The van der Waals surface area contributed by atoms with E-state index in [2.05, 4.69) is 54.4 Å². The molecular weight excluding hydrogens is 220 g/mol. The molecule has 2 N–H and O–H groups in total. The minimum absolute atomic E-state index is 0.332. The maximum absolute atomic E-state index is 5.95. The summed E-state index contributed by atoms with van der Waals surface area (Å²) in [5.41, 5.74) is 10.9. The number of likely N-dealkylation sites (N-methyl/N-ethyl adjacent to an activating group) is 1. The van der Waals surface area contributed by atoms with E-state index < -0.39 is 0 Å². The fourth-order valence-corrected chi connectivity index (χ4v) is 2.83. The molecule has 2 aromatic rings. The highest BCUT2D eigenvalue weighted by Gasteiger charge is 2.25. The Labute approximate surface area is 108 Å². The zero-order valence-electron chi connectivity index (χ0n) is 10.6. The first-order valence-corrected chi connectivity index (χ1v) is 6.39. The summed E-state index contributed by atoms with van der Waals surface area (Å²) in [6.45, 7) is 1.09. The van der Waals surface area contributed by atoms with Crippen LogP contribution in [-0.2, 0) is 6.42 Å². The Balaban J connectivity index is 2.12. The molecule has 0 saturated heterocycles. The molecule has 0 radical (unpaired) electrons. The summed E-state index contributed by atoms with van der Waals surface area (Å²) in [5.74, 6) is 0. The van der Waals surface area contributed by atoms with Gasteiger partial charge in [0.05, 0.1) is 6.04 Å². The van der Waals surface area contributed by atoms with Crippen LogP contribution in [0.3, 0.4) is 0 Å². The second-order valence-electron chi connectivity index (χ2n) is 5.00. The van der Waals surface area contributed by atoms with Gasteiger partial charge in [0.15, 0.2) is 0 Å². The summed E-state index contributed by atoms with van der Waals surface area (Å²) >= 11 is 0.